The van der Waals surface area contributed by atoms with E-state index in [0.717, 1.165) is 51.3 Å². The van der Waals surface area contributed by atoms with Gasteiger partial charge in [-0.15, -0.1) is 0 Å². The first-order valence-corrected chi connectivity index (χ1v) is 12.6. The van der Waals surface area contributed by atoms with Crippen molar-refractivity contribution in [3.05, 3.63) is 20.8 Å². The SMILES string of the molecule is CCCCCCCCCCCCn1c(N2CCCCCC2)nc2c1c(=O)[nH]c(=O)n2C. The lowest BCUT2D eigenvalue weighted by Gasteiger charge is -2.22. The molecule has 31 heavy (non-hydrogen) atoms. The number of fused-ring (bicyclic) bond motifs is 1. The Morgan fingerprint density at radius 2 is 1.42 bits per heavy atom. The van der Waals surface area contributed by atoms with Crippen LogP contribution in [0.1, 0.15) is 96.8 Å². The van der Waals surface area contributed by atoms with E-state index >= 15 is 0 Å². The monoisotopic (exact) mass is 431 g/mol. The Kier molecular flexibility index (Phi) is 9.22. The number of unbranched alkanes of at least 4 members (excludes halogenated alkanes) is 9. The number of hydrogen-bond donors (Lipinski definition) is 1. The molecule has 2 aromatic heterocycles. The summed E-state index contributed by atoms with van der Waals surface area (Å²) in [5.74, 6) is 0.861. The maximum absolute atomic E-state index is 12.7. The first kappa shape index (κ1) is 23.6. The summed E-state index contributed by atoms with van der Waals surface area (Å²) in [6, 6.07) is 0. The average molecular weight is 432 g/mol. The fraction of sp³-hybridized carbons (Fsp3) is 0.792. The minimum atomic E-state index is -0.400. The highest BCUT2D eigenvalue weighted by molar-refractivity contribution is 5.74. The summed E-state index contributed by atoms with van der Waals surface area (Å²) in [4.78, 5) is 34.3. The van der Waals surface area contributed by atoms with E-state index in [1.54, 1.807) is 7.05 Å². The number of nitrogens with one attached hydrogen (secondary N) is 1. The summed E-state index contributed by atoms with van der Waals surface area (Å²) in [5.41, 5.74) is 0.319. The molecule has 1 fully saturated rings. The van der Waals surface area contributed by atoms with E-state index < -0.39 is 5.69 Å². The molecule has 2 aromatic rings. The Morgan fingerprint density at radius 3 is 2.03 bits per heavy atom. The Morgan fingerprint density at radius 1 is 0.839 bits per heavy atom. The zero-order chi connectivity index (χ0) is 22.1. The van der Waals surface area contributed by atoms with Crippen LogP contribution >= 0.6 is 0 Å². The third kappa shape index (κ3) is 6.23. The van der Waals surface area contributed by atoms with Gasteiger partial charge in [-0.3, -0.25) is 14.3 Å². The van der Waals surface area contributed by atoms with Crippen LogP contribution in [0.5, 0.6) is 0 Å². The predicted octanol–water partition coefficient (Wildman–Crippen LogP) is 4.72. The molecule has 3 rings (SSSR count). The van der Waals surface area contributed by atoms with Gasteiger partial charge in [0.15, 0.2) is 11.2 Å². The van der Waals surface area contributed by atoms with E-state index in [1.165, 1.54) is 68.8 Å². The van der Waals surface area contributed by atoms with E-state index in [2.05, 4.69) is 21.4 Å². The molecular formula is C24H41N5O2. The van der Waals surface area contributed by atoms with Crippen LogP contribution in [0.15, 0.2) is 9.59 Å². The van der Waals surface area contributed by atoms with Gasteiger partial charge in [-0.25, -0.2) is 4.79 Å². The minimum absolute atomic E-state index is 0.321. The Hall–Kier alpha value is -2.05. The van der Waals surface area contributed by atoms with Crippen molar-refractivity contribution in [2.24, 2.45) is 7.05 Å². The lowest BCUT2D eigenvalue weighted by Crippen LogP contribution is -2.30. The van der Waals surface area contributed by atoms with Crippen LogP contribution in [0, 0.1) is 0 Å². The molecule has 0 saturated carbocycles. The summed E-state index contributed by atoms with van der Waals surface area (Å²) in [6.07, 6.45) is 17.6. The lowest BCUT2D eigenvalue weighted by atomic mass is 10.1. The van der Waals surface area contributed by atoms with Crippen LogP contribution in [-0.2, 0) is 13.6 Å². The molecular weight excluding hydrogens is 390 g/mol. The average Bonchev–Trinajstić information content (AvgIpc) is 2.94. The van der Waals surface area contributed by atoms with Crippen LogP contribution in [0.2, 0.25) is 0 Å². The topological polar surface area (TPSA) is 75.9 Å². The van der Waals surface area contributed by atoms with Gasteiger partial charge in [0.05, 0.1) is 0 Å². The highest BCUT2D eigenvalue weighted by atomic mass is 16.2. The molecule has 0 atom stereocenters. The van der Waals surface area contributed by atoms with Crippen LogP contribution in [0.4, 0.5) is 5.95 Å². The largest absolute Gasteiger partial charge is 0.342 e. The molecule has 0 aliphatic carbocycles. The third-order valence-electron chi connectivity index (χ3n) is 6.61. The second kappa shape index (κ2) is 12.1. The van der Waals surface area contributed by atoms with Gasteiger partial charge in [0, 0.05) is 26.7 Å². The van der Waals surface area contributed by atoms with Gasteiger partial charge < -0.3 is 9.47 Å². The van der Waals surface area contributed by atoms with Gasteiger partial charge in [0.1, 0.15) is 0 Å². The van der Waals surface area contributed by atoms with E-state index in [-0.39, 0.29) is 5.56 Å². The lowest BCUT2D eigenvalue weighted by molar-refractivity contribution is 0.536. The van der Waals surface area contributed by atoms with E-state index in [9.17, 15) is 9.59 Å². The zero-order valence-electron chi connectivity index (χ0n) is 19.6. The summed E-state index contributed by atoms with van der Waals surface area (Å²) in [7, 11) is 1.69. The molecule has 3 heterocycles. The number of aryl methyl sites for hydroxylation is 2. The molecule has 0 aromatic carbocycles. The van der Waals surface area contributed by atoms with Crippen LogP contribution in [-0.4, -0.2) is 32.2 Å². The van der Waals surface area contributed by atoms with Crippen molar-refractivity contribution in [1.29, 1.82) is 0 Å². The van der Waals surface area contributed by atoms with Crippen molar-refractivity contribution in [2.75, 3.05) is 18.0 Å². The number of rotatable bonds is 12. The molecule has 1 aliphatic rings. The number of imidazole rings is 1. The van der Waals surface area contributed by atoms with Crippen molar-refractivity contribution < 1.29 is 0 Å². The van der Waals surface area contributed by atoms with Crippen molar-refractivity contribution in [3.8, 4) is 0 Å². The molecule has 0 spiro atoms. The standard InChI is InChI=1S/C24H41N5O2/c1-3-4-5-6-7-8-9-10-11-16-19-29-20-21(27(2)24(31)26-22(20)30)25-23(29)28-17-14-12-13-15-18-28/h3-19H2,1-2H3,(H,26,30,31). The van der Waals surface area contributed by atoms with Gasteiger partial charge >= 0.3 is 5.69 Å². The normalized spacial score (nSPS) is 15.0. The molecule has 0 amide bonds. The van der Waals surface area contributed by atoms with Gasteiger partial charge in [0.2, 0.25) is 5.95 Å². The zero-order valence-corrected chi connectivity index (χ0v) is 19.6. The van der Waals surface area contributed by atoms with Gasteiger partial charge in [0.25, 0.3) is 5.56 Å². The molecule has 0 bridgehead atoms. The molecule has 174 valence electrons. The molecule has 7 nitrogen and oxygen atoms in total. The van der Waals surface area contributed by atoms with E-state index in [0.29, 0.717) is 11.2 Å². The smallest absolute Gasteiger partial charge is 0.329 e. The first-order valence-electron chi connectivity index (χ1n) is 12.6. The highest BCUT2D eigenvalue weighted by Gasteiger charge is 2.22. The number of anilines is 1. The van der Waals surface area contributed by atoms with Gasteiger partial charge in [-0.05, 0) is 19.3 Å². The van der Waals surface area contributed by atoms with Crippen molar-refractivity contribution in [1.82, 2.24) is 19.1 Å². The van der Waals surface area contributed by atoms with Gasteiger partial charge in [-0.2, -0.15) is 4.98 Å². The predicted molar refractivity (Wildman–Crippen MR) is 128 cm³/mol. The Bertz CT molecular complexity index is 918. The summed E-state index contributed by atoms with van der Waals surface area (Å²) >= 11 is 0. The third-order valence-corrected chi connectivity index (χ3v) is 6.61. The number of aromatic nitrogens is 4. The van der Waals surface area contributed by atoms with E-state index in [1.807, 2.05) is 0 Å². The number of nitrogens with zero attached hydrogens (tertiary/aromatic N) is 4. The fourth-order valence-corrected chi connectivity index (χ4v) is 4.70. The fourth-order valence-electron chi connectivity index (χ4n) is 4.70. The van der Waals surface area contributed by atoms with Crippen molar-refractivity contribution in [2.45, 2.75) is 103 Å². The van der Waals surface area contributed by atoms with Crippen molar-refractivity contribution in [3.63, 3.8) is 0 Å². The van der Waals surface area contributed by atoms with E-state index in [4.69, 9.17) is 4.98 Å². The highest BCUT2D eigenvalue weighted by Crippen LogP contribution is 2.23. The second-order valence-electron chi connectivity index (χ2n) is 9.14. The maximum atomic E-state index is 12.7. The van der Waals surface area contributed by atoms with Crippen molar-refractivity contribution >= 4 is 17.1 Å². The molecule has 0 radical (unpaired) electrons. The molecule has 1 saturated heterocycles. The van der Waals surface area contributed by atoms with Crippen LogP contribution in [0.25, 0.3) is 11.2 Å². The summed E-state index contributed by atoms with van der Waals surface area (Å²) in [6.45, 7) is 4.97. The Labute approximate surface area is 185 Å². The summed E-state index contributed by atoms with van der Waals surface area (Å²) < 4.78 is 3.54. The molecule has 1 N–H and O–H groups in total. The number of hydrogen-bond acceptors (Lipinski definition) is 4. The molecule has 7 heteroatoms. The van der Waals surface area contributed by atoms with Crippen LogP contribution in [0.3, 0.4) is 0 Å². The minimum Gasteiger partial charge on any atom is -0.342 e. The molecule has 1 aliphatic heterocycles. The maximum Gasteiger partial charge on any atom is 0.329 e. The number of H-pyrrole nitrogens is 1. The Balaban J connectivity index is 1.65. The first-order chi connectivity index (χ1) is 15.1. The molecule has 0 unspecified atom stereocenters. The van der Waals surface area contributed by atoms with Crippen LogP contribution < -0.4 is 16.1 Å². The number of aromatic amines is 1. The van der Waals surface area contributed by atoms with Gasteiger partial charge in [-0.1, -0.05) is 77.6 Å². The second-order valence-corrected chi connectivity index (χ2v) is 9.14. The summed E-state index contributed by atoms with van der Waals surface area (Å²) in [5, 5.41) is 0. The quantitative estimate of drug-likeness (QED) is 0.493.